The highest BCUT2D eigenvalue weighted by Gasteiger charge is 2.35. The highest BCUT2D eigenvalue weighted by atomic mass is 15.1. The number of rotatable bonds is 3. The minimum Gasteiger partial charge on any atom is -0.303 e. The van der Waals surface area contributed by atoms with E-state index in [2.05, 4.69) is 11.8 Å². The normalized spacial score (nSPS) is 28.4. The zero-order valence-corrected chi connectivity index (χ0v) is 9.55. The van der Waals surface area contributed by atoms with Gasteiger partial charge in [0.1, 0.15) is 0 Å². The summed E-state index contributed by atoms with van der Waals surface area (Å²) in [5, 5.41) is 0. The average Bonchev–Trinajstić information content (AvgIpc) is 2.92. The molecule has 0 amide bonds. The van der Waals surface area contributed by atoms with Crippen LogP contribution < -0.4 is 0 Å². The molecule has 1 saturated heterocycles. The summed E-state index contributed by atoms with van der Waals surface area (Å²) < 4.78 is 0. The third-order valence-electron chi connectivity index (χ3n) is 3.14. The van der Waals surface area contributed by atoms with Crippen molar-refractivity contribution in [3.8, 4) is 0 Å². The van der Waals surface area contributed by atoms with Crippen molar-refractivity contribution in [2.75, 3.05) is 19.6 Å². The molecule has 13 heavy (non-hydrogen) atoms. The van der Waals surface area contributed by atoms with Gasteiger partial charge < -0.3 is 4.90 Å². The fraction of sp³-hybridized carbons (Fsp3) is 1.00. The molecule has 2 aliphatic rings. The van der Waals surface area contributed by atoms with Crippen LogP contribution in [0.2, 0.25) is 0 Å². The molecule has 1 heterocycles. The molecule has 1 aliphatic carbocycles. The fourth-order valence-corrected chi connectivity index (χ4v) is 2.33. The monoisotopic (exact) mass is 183 g/mol. The molecule has 1 unspecified atom stereocenters. The molecule has 0 bridgehead atoms. The van der Waals surface area contributed by atoms with Gasteiger partial charge in [0.25, 0.3) is 0 Å². The van der Waals surface area contributed by atoms with Gasteiger partial charge in [-0.1, -0.05) is 20.8 Å². The molecule has 0 N–H and O–H groups in total. The Morgan fingerprint density at radius 3 is 2.31 bits per heavy atom. The van der Waals surface area contributed by atoms with E-state index in [1.807, 2.05) is 13.8 Å². The van der Waals surface area contributed by atoms with E-state index in [1.165, 1.54) is 45.3 Å². The standard InChI is InChI=1S/C10H19N.C2H6/c1-2-6-11-7-5-10(8-11)9-3-4-9;1-2/h9-10H,2-8H2,1H3;1-2H3. The highest BCUT2D eigenvalue weighted by Crippen LogP contribution is 2.41. The Morgan fingerprint density at radius 1 is 1.08 bits per heavy atom. The Kier molecular flexibility index (Phi) is 4.79. The summed E-state index contributed by atoms with van der Waals surface area (Å²) >= 11 is 0. The maximum atomic E-state index is 2.64. The fourth-order valence-electron chi connectivity index (χ4n) is 2.33. The van der Waals surface area contributed by atoms with Crippen molar-refractivity contribution in [1.29, 1.82) is 0 Å². The summed E-state index contributed by atoms with van der Waals surface area (Å²) in [4.78, 5) is 2.64. The van der Waals surface area contributed by atoms with E-state index < -0.39 is 0 Å². The van der Waals surface area contributed by atoms with Gasteiger partial charge in [-0.05, 0) is 50.6 Å². The van der Waals surface area contributed by atoms with E-state index in [4.69, 9.17) is 0 Å². The van der Waals surface area contributed by atoms with Crippen molar-refractivity contribution in [2.45, 2.75) is 46.5 Å². The number of nitrogens with zero attached hydrogens (tertiary/aromatic N) is 1. The molecular weight excluding hydrogens is 158 g/mol. The van der Waals surface area contributed by atoms with Gasteiger partial charge >= 0.3 is 0 Å². The first-order valence-electron chi connectivity index (χ1n) is 6.12. The first kappa shape index (κ1) is 11.0. The van der Waals surface area contributed by atoms with E-state index >= 15 is 0 Å². The lowest BCUT2D eigenvalue weighted by atomic mass is 10.0. The molecular formula is C12H25N. The Labute approximate surface area is 83.5 Å². The van der Waals surface area contributed by atoms with Crippen molar-refractivity contribution in [3.63, 3.8) is 0 Å². The maximum Gasteiger partial charge on any atom is 0.00128 e. The molecule has 78 valence electrons. The first-order valence-corrected chi connectivity index (χ1v) is 6.12. The molecule has 1 heteroatoms. The molecule has 0 aromatic heterocycles. The third kappa shape index (κ3) is 3.30. The topological polar surface area (TPSA) is 3.24 Å². The van der Waals surface area contributed by atoms with Gasteiger partial charge in [-0.15, -0.1) is 0 Å². The molecule has 1 saturated carbocycles. The van der Waals surface area contributed by atoms with Crippen LogP contribution in [-0.2, 0) is 0 Å². The van der Waals surface area contributed by atoms with E-state index in [-0.39, 0.29) is 0 Å². The van der Waals surface area contributed by atoms with Crippen LogP contribution in [0, 0.1) is 11.8 Å². The van der Waals surface area contributed by atoms with Gasteiger partial charge in [0.2, 0.25) is 0 Å². The van der Waals surface area contributed by atoms with Crippen LogP contribution in [0.15, 0.2) is 0 Å². The second kappa shape index (κ2) is 5.64. The largest absolute Gasteiger partial charge is 0.303 e. The predicted molar refractivity (Wildman–Crippen MR) is 58.9 cm³/mol. The average molecular weight is 183 g/mol. The van der Waals surface area contributed by atoms with Crippen LogP contribution in [-0.4, -0.2) is 24.5 Å². The number of hydrogen-bond donors (Lipinski definition) is 0. The maximum absolute atomic E-state index is 2.64. The Morgan fingerprint density at radius 2 is 1.77 bits per heavy atom. The van der Waals surface area contributed by atoms with Gasteiger partial charge in [0.05, 0.1) is 0 Å². The molecule has 2 rings (SSSR count). The zero-order valence-electron chi connectivity index (χ0n) is 9.55. The lowest BCUT2D eigenvalue weighted by Gasteiger charge is -2.13. The van der Waals surface area contributed by atoms with Crippen molar-refractivity contribution < 1.29 is 0 Å². The van der Waals surface area contributed by atoms with Gasteiger partial charge in [-0.25, -0.2) is 0 Å². The first-order chi connectivity index (χ1) is 6.40. The van der Waals surface area contributed by atoms with E-state index in [1.54, 1.807) is 0 Å². The second-order valence-electron chi connectivity index (χ2n) is 4.19. The van der Waals surface area contributed by atoms with Crippen LogP contribution in [0.3, 0.4) is 0 Å². The van der Waals surface area contributed by atoms with Crippen molar-refractivity contribution >= 4 is 0 Å². The van der Waals surface area contributed by atoms with E-state index in [9.17, 15) is 0 Å². The summed E-state index contributed by atoms with van der Waals surface area (Å²) in [5.74, 6) is 2.22. The highest BCUT2D eigenvalue weighted by molar-refractivity contribution is 4.87. The number of hydrogen-bond acceptors (Lipinski definition) is 1. The SMILES string of the molecule is CC.CCCN1CCC(C2CC2)C1. The van der Waals surface area contributed by atoms with Gasteiger partial charge in [0, 0.05) is 6.54 Å². The van der Waals surface area contributed by atoms with E-state index in [0.717, 1.165) is 11.8 Å². The summed E-state index contributed by atoms with van der Waals surface area (Å²) in [5.41, 5.74) is 0. The van der Waals surface area contributed by atoms with Gasteiger partial charge in [-0.3, -0.25) is 0 Å². The lowest BCUT2D eigenvalue weighted by Crippen LogP contribution is -2.21. The smallest absolute Gasteiger partial charge is 0.00128 e. The van der Waals surface area contributed by atoms with Gasteiger partial charge in [0.15, 0.2) is 0 Å². The quantitative estimate of drug-likeness (QED) is 0.649. The molecule has 0 aromatic rings. The Balaban J connectivity index is 0.000000396. The summed E-state index contributed by atoms with van der Waals surface area (Å²) in [7, 11) is 0. The minimum atomic E-state index is 1.08. The van der Waals surface area contributed by atoms with Crippen LogP contribution in [0.4, 0.5) is 0 Å². The van der Waals surface area contributed by atoms with Crippen LogP contribution in [0.5, 0.6) is 0 Å². The lowest BCUT2D eigenvalue weighted by molar-refractivity contribution is 0.318. The second-order valence-corrected chi connectivity index (χ2v) is 4.19. The molecule has 1 nitrogen and oxygen atoms in total. The summed E-state index contributed by atoms with van der Waals surface area (Å²) in [6.45, 7) is 10.4. The van der Waals surface area contributed by atoms with Crippen LogP contribution >= 0.6 is 0 Å². The molecule has 0 spiro atoms. The van der Waals surface area contributed by atoms with Crippen LogP contribution in [0.1, 0.15) is 46.5 Å². The zero-order chi connectivity index (χ0) is 9.68. The van der Waals surface area contributed by atoms with Crippen molar-refractivity contribution in [2.24, 2.45) is 11.8 Å². The van der Waals surface area contributed by atoms with E-state index in [0.29, 0.717) is 0 Å². The summed E-state index contributed by atoms with van der Waals surface area (Å²) in [6, 6.07) is 0. The van der Waals surface area contributed by atoms with Crippen molar-refractivity contribution in [1.82, 2.24) is 4.90 Å². The van der Waals surface area contributed by atoms with Crippen LogP contribution in [0.25, 0.3) is 0 Å². The third-order valence-corrected chi connectivity index (χ3v) is 3.14. The molecule has 2 fully saturated rings. The minimum absolute atomic E-state index is 1.08. The molecule has 1 atom stereocenters. The molecule has 0 radical (unpaired) electrons. The molecule has 0 aromatic carbocycles. The Bertz CT molecular complexity index is 129. The van der Waals surface area contributed by atoms with Gasteiger partial charge in [-0.2, -0.15) is 0 Å². The predicted octanol–water partition coefficient (Wildman–Crippen LogP) is 3.15. The number of likely N-dealkylation sites (tertiary alicyclic amines) is 1. The Hall–Kier alpha value is -0.0400. The summed E-state index contributed by atoms with van der Waals surface area (Å²) in [6.07, 6.45) is 5.89. The molecule has 1 aliphatic heterocycles. The van der Waals surface area contributed by atoms with Crippen molar-refractivity contribution in [3.05, 3.63) is 0 Å².